The smallest absolute Gasteiger partial charge is 0.110 e. The fourth-order valence-electron chi connectivity index (χ4n) is 1.15. The lowest BCUT2D eigenvalue weighted by Gasteiger charge is -1.86. The number of rotatable bonds is 1. The average Bonchev–Trinajstić information content (AvgIpc) is 2.59. The highest BCUT2D eigenvalue weighted by Gasteiger charge is 2.35. The van der Waals surface area contributed by atoms with Gasteiger partial charge in [-0.3, -0.25) is 0 Å². The summed E-state index contributed by atoms with van der Waals surface area (Å²) >= 11 is 1.57. The molecular weight excluding hydrogens is 156 g/mol. The van der Waals surface area contributed by atoms with E-state index >= 15 is 0 Å². The fourth-order valence-corrected chi connectivity index (χ4v) is 2.15. The Morgan fingerprint density at radius 1 is 1.64 bits per heavy atom. The molecule has 0 unspecified atom stereocenters. The minimum Gasteiger partial charge on any atom is -0.327 e. The van der Waals surface area contributed by atoms with Gasteiger partial charge in [-0.15, -0.1) is 11.3 Å². The van der Waals surface area contributed by atoms with Crippen LogP contribution in [-0.4, -0.2) is 6.04 Å². The van der Waals surface area contributed by atoms with Crippen LogP contribution in [0.1, 0.15) is 22.1 Å². The Morgan fingerprint density at radius 3 is 2.82 bits per heavy atom. The monoisotopic (exact) mass is 164 g/mol. The van der Waals surface area contributed by atoms with Gasteiger partial charge in [0.25, 0.3) is 0 Å². The normalized spacial score (nSPS) is 28.0. The van der Waals surface area contributed by atoms with Crippen LogP contribution in [0.25, 0.3) is 0 Å². The average molecular weight is 164 g/mol. The molecular formula is C8H8N2S. The van der Waals surface area contributed by atoms with Crippen molar-refractivity contribution in [1.82, 2.24) is 0 Å². The number of hydrogen-bond donors (Lipinski definition) is 1. The van der Waals surface area contributed by atoms with Gasteiger partial charge in [0.05, 0.1) is 0 Å². The number of nitrogens with two attached hydrogens (primary N) is 1. The second-order valence-corrected chi connectivity index (χ2v) is 3.94. The molecule has 0 bridgehead atoms. The lowest BCUT2D eigenvalue weighted by atomic mass is 10.3. The molecule has 1 saturated carbocycles. The van der Waals surface area contributed by atoms with E-state index in [2.05, 4.69) is 6.07 Å². The Kier molecular flexibility index (Phi) is 1.45. The maximum absolute atomic E-state index is 8.55. The molecule has 0 amide bonds. The van der Waals surface area contributed by atoms with Crippen molar-refractivity contribution >= 4 is 11.3 Å². The van der Waals surface area contributed by atoms with E-state index in [4.69, 9.17) is 11.0 Å². The first-order valence-corrected chi connectivity index (χ1v) is 4.38. The van der Waals surface area contributed by atoms with Crippen LogP contribution < -0.4 is 5.73 Å². The Bertz CT molecular complexity index is 310. The molecule has 1 aliphatic rings. The third-order valence-corrected chi connectivity index (χ3v) is 3.06. The lowest BCUT2D eigenvalue weighted by molar-refractivity contribution is 1.01. The van der Waals surface area contributed by atoms with Crippen LogP contribution in [0.4, 0.5) is 0 Å². The largest absolute Gasteiger partial charge is 0.327 e. The second-order valence-electron chi connectivity index (χ2n) is 2.82. The van der Waals surface area contributed by atoms with Crippen LogP contribution in [0.5, 0.6) is 0 Å². The standard InChI is InChI=1S/C8H8N2S/c9-4-5-1-2-8(11-5)6-3-7(6)10/h1-2,6-7H,3,10H2/t6-,7-/m1/s1. The molecule has 1 fully saturated rings. The van der Waals surface area contributed by atoms with Crippen LogP contribution in [0.15, 0.2) is 12.1 Å². The van der Waals surface area contributed by atoms with Gasteiger partial charge in [-0.25, -0.2) is 0 Å². The first-order chi connectivity index (χ1) is 5.31. The zero-order valence-electron chi connectivity index (χ0n) is 5.95. The Balaban J connectivity index is 2.21. The summed E-state index contributed by atoms with van der Waals surface area (Å²) in [6.07, 6.45) is 1.09. The van der Waals surface area contributed by atoms with Crippen molar-refractivity contribution in [3.05, 3.63) is 21.9 Å². The summed E-state index contributed by atoms with van der Waals surface area (Å²) in [6, 6.07) is 6.35. The van der Waals surface area contributed by atoms with Gasteiger partial charge in [-0.1, -0.05) is 0 Å². The lowest BCUT2D eigenvalue weighted by Crippen LogP contribution is -1.99. The quantitative estimate of drug-likeness (QED) is 0.682. The van der Waals surface area contributed by atoms with E-state index in [-0.39, 0.29) is 0 Å². The van der Waals surface area contributed by atoms with Crippen molar-refractivity contribution in [3.8, 4) is 6.07 Å². The third kappa shape index (κ3) is 1.15. The number of hydrogen-bond acceptors (Lipinski definition) is 3. The zero-order chi connectivity index (χ0) is 7.84. The summed E-state index contributed by atoms with van der Waals surface area (Å²) in [7, 11) is 0. The summed E-state index contributed by atoms with van der Waals surface area (Å²) in [5.41, 5.74) is 5.67. The van der Waals surface area contributed by atoms with Crippen LogP contribution in [0.2, 0.25) is 0 Å². The van der Waals surface area contributed by atoms with Gasteiger partial charge >= 0.3 is 0 Å². The summed E-state index contributed by atoms with van der Waals surface area (Å²) in [5, 5.41) is 8.55. The predicted octanol–water partition coefficient (Wildman–Crippen LogP) is 1.43. The topological polar surface area (TPSA) is 49.8 Å². The molecule has 1 aliphatic carbocycles. The SMILES string of the molecule is N#Cc1ccc([C@@H]2C[C@H]2N)s1. The highest BCUT2D eigenvalue weighted by Crippen LogP contribution is 2.41. The van der Waals surface area contributed by atoms with Crippen LogP contribution in [-0.2, 0) is 0 Å². The highest BCUT2D eigenvalue weighted by atomic mass is 32.1. The molecule has 0 aliphatic heterocycles. The number of nitrogens with zero attached hydrogens (tertiary/aromatic N) is 1. The van der Waals surface area contributed by atoms with Crippen molar-refractivity contribution in [3.63, 3.8) is 0 Å². The van der Waals surface area contributed by atoms with Crippen LogP contribution in [0, 0.1) is 11.3 Å². The maximum Gasteiger partial charge on any atom is 0.110 e. The molecule has 2 rings (SSSR count). The zero-order valence-corrected chi connectivity index (χ0v) is 6.77. The Morgan fingerprint density at radius 2 is 2.36 bits per heavy atom. The molecule has 0 aromatic carbocycles. The van der Waals surface area contributed by atoms with Crippen molar-refractivity contribution in [2.45, 2.75) is 18.4 Å². The van der Waals surface area contributed by atoms with Crippen LogP contribution >= 0.6 is 11.3 Å². The Labute approximate surface area is 69.3 Å². The highest BCUT2D eigenvalue weighted by molar-refractivity contribution is 7.12. The van der Waals surface area contributed by atoms with Gasteiger partial charge in [-0.2, -0.15) is 5.26 Å². The molecule has 2 N–H and O–H groups in total. The van der Waals surface area contributed by atoms with E-state index < -0.39 is 0 Å². The van der Waals surface area contributed by atoms with Gasteiger partial charge < -0.3 is 5.73 Å². The molecule has 2 atom stereocenters. The van der Waals surface area contributed by atoms with Gasteiger partial charge in [0.15, 0.2) is 0 Å². The van der Waals surface area contributed by atoms with Gasteiger partial charge in [0.1, 0.15) is 10.9 Å². The predicted molar refractivity (Wildman–Crippen MR) is 44.4 cm³/mol. The van der Waals surface area contributed by atoms with Crippen molar-refractivity contribution in [1.29, 1.82) is 5.26 Å². The molecule has 1 aromatic heterocycles. The van der Waals surface area contributed by atoms with E-state index in [0.717, 1.165) is 11.3 Å². The van der Waals surface area contributed by atoms with E-state index in [1.54, 1.807) is 11.3 Å². The van der Waals surface area contributed by atoms with E-state index in [0.29, 0.717) is 12.0 Å². The van der Waals surface area contributed by atoms with Gasteiger partial charge in [0.2, 0.25) is 0 Å². The first kappa shape index (κ1) is 6.84. The number of thiophene rings is 1. The van der Waals surface area contributed by atoms with E-state index in [1.807, 2.05) is 12.1 Å². The summed E-state index contributed by atoms with van der Waals surface area (Å²) in [4.78, 5) is 2.06. The summed E-state index contributed by atoms with van der Waals surface area (Å²) in [6.45, 7) is 0. The molecule has 1 aromatic rings. The van der Waals surface area contributed by atoms with Gasteiger partial charge in [0, 0.05) is 16.8 Å². The second kappa shape index (κ2) is 2.33. The Hall–Kier alpha value is -0.850. The molecule has 1 heterocycles. The molecule has 2 nitrogen and oxygen atoms in total. The summed E-state index contributed by atoms with van der Waals surface area (Å²) < 4.78 is 0. The third-order valence-electron chi connectivity index (χ3n) is 1.94. The molecule has 0 radical (unpaired) electrons. The number of nitriles is 1. The fraction of sp³-hybridized carbons (Fsp3) is 0.375. The van der Waals surface area contributed by atoms with E-state index in [9.17, 15) is 0 Å². The van der Waals surface area contributed by atoms with E-state index in [1.165, 1.54) is 4.88 Å². The minimum atomic E-state index is 0.347. The van der Waals surface area contributed by atoms with Gasteiger partial charge in [-0.05, 0) is 18.6 Å². The summed E-state index contributed by atoms with van der Waals surface area (Å²) in [5.74, 6) is 0.544. The molecule has 0 saturated heterocycles. The first-order valence-electron chi connectivity index (χ1n) is 3.56. The van der Waals surface area contributed by atoms with Crippen molar-refractivity contribution < 1.29 is 0 Å². The van der Waals surface area contributed by atoms with Crippen LogP contribution in [0.3, 0.4) is 0 Å². The molecule has 11 heavy (non-hydrogen) atoms. The molecule has 3 heteroatoms. The van der Waals surface area contributed by atoms with Crippen molar-refractivity contribution in [2.75, 3.05) is 0 Å². The maximum atomic E-state index is 8.55. The molecule has 0 spiro atoms. The molecule has 56 valence electrons. The minimum absolute atomic E-state index is 0.347. The van der Waals surface area contributed by atoms with Crippen molar-refractivity contribution in [2.24, 2.45) is 5.73 Å².